The molecule has 4 heteroatoms. The number of hydrogen-bond donors (Lipinski definition) is 0. The molecule has 0 N–H and O–H groups in total. The summed E-state index contributed by atoms with van der Waals surface area (Å²) >= 11 is 0. The van der Waals surface area contributed by atoms with Crippen molar-refractivity contribution in [2.45, 2.75) is 38.3 Å². The van der Waals surface area contributed by atoms with Gasteiger partial charge in [0.1, 0.15) is 5.82 Å². The molecule has 0 unspecified atom stereocenters. The van der Waals surface area contributed by atoms with E-state index in [0.29, 0.717) is 11.6 Å². The molecule has 2 atom stereocenters. The SMILES string of the molecule is COC(=O)c1cc(F)c2c(c1)CCN1[C@H](C)CC[C@@H]21. The Morgan fingerprint density at radius 2 is 2.21 bits per heavy atom. The predicted molar refractivity (Wildman–Crippen MR) is 69.6 cm³/mol. The average Bonchev–Trinajstić information content (AvgIpc) is 2.79. The van der Waals surface area contributed by atoms with Crippen LogP contribution >= 0.6 is 0 Å². The summed E-state index contributed by atoms with van der Waals surface area (Å²) in [6.07, 6.45) is 2.92. The Hall–Kier alpha value is -1.42. The summed E-state index contributed by atoms with van der Waals surface area (Å²) in [6, 6.07) is 3.82. The number of hydrogen-bond acceptors (Lipinski definition) is 3. The number of rotatable bonds is 1. The maximum absolute atomic E-state index is 14.4. The van der Waals surface area contributed by atoms with E-state index in [1.165, 1.54) is 13.2 Å². The van der Waals surface area contributed by atoms with Gasteiger partial charge in [0.15, 0.2) is 0 Å². The van der Waals surface area contributed by atoms with Crippen LogP contribution in [0.2, 0.25) is 0 Å². The first kappa shape index (κ1) is 12.6. The Kier molecular flexibility index (Phi) is 3.05. The summed E-state index contributed by atoms with van der Waals surface area (Å²) in [5.74, 6) is -0.731. The topological polar surface area (TPSA) is 29.5 Å². The van der Waals surface area contributed by atoms with E-state index >= 15 is 0 Å². The lowest BCUT2D eigenvalue weighted by molar-refractivity contribution is 0.0599. The van der Waals surface area contributed by atoms with Crippen molar-refractivity contribution in [3.8, 4) is 0 Å². The van der Waals surface area contributed by atoms with Crippen molar-refractivity contribution in [2.24, 2.45) is 0 Å². The lowest BCUT2D eigenvalue weighted by Gasteiger charge is -2.34. The Balaban J connectivity index is 2.04. The molecule has 2 heterocycles. The van der Waals surface area contributed by atoms with Gasteiger partial charge < -0.3 is 4.74 Å². The fourth-order valence-corrected chi connectivity index (χ4v) is 3.46. The molecular weight excluding hydrogens is 245 g/mol. The molecule has 1 aromatic rings. The van der Waals surface area contributed by atoms with Gasteiger partial charge in [0.25, 0.3) is 0 Å². The zero-order chi connectivity index (χ0) is 13.6. The lowest BCUT2D eigenvalue weighted by Crippen LogP contribution is -2.36. The minimum atomic E-state index is -0.469. The van der Waals surface area contributed by atoms with E-state index in [9.17, 15) is 9.18 Å². The Morgan fingerprint density at radius 1 is 1.42 bits per heavy atom. The van der Waals surface area contributed by atoms with Crippen molar-refractivity contribution < 1.29 is 13.9 Å². The van der Waals surface area contributed by atoms with Gasteiger partial charge in [-0.15, -0.1) is 0 Å². The zero-order valence-corrected chi connectivity index (χ0v) is 11.3. The van der Waals surface area contributed by atoms with Crippen LogP contribution in [0.15, 0.2) is 12.1 Å². The maximum atomic E-state index is 14.4. The van der Waals surface area contributed by atoms with Gasteiger partial charge in [0.05, 0.1) is 12.7 Å². The number of ether oxygens (including phenoxy) is 1. The van der Waals surface area contributed by atoms with Gasteiger partial charge in [0, 0.05) is 24.2 Å². The summed E-state index contributed by atoms with van der Waals surface area (Å²) in [4.78, 5) is 13.9. The van der Waals surface area contributed by atoms with Gasteiger partial charge in [-0.25, -0.2) is 9.18 Å². The third-order valence-electron chi connectivity index (χ3n) is 4.43. The van der Waals surface area contributed by atoms with Crippen LogP contribution in [0.3, 0.4) is 0 Å². The molecule has 0 aliphatic carbocycles. The first-order chi connectivity index (χ1) is 9.11. The first-order valence-electron chi connectivity index (χ1n) is 6.78. The average molecular weight is 263 g/mol. The lowest BCUT2D eigenvalue weighted by atomic mass is 9.90. The Bertz CT molecular complexity index is 529. The van der Waals surface area contributed by atoms with Crippen LogP contribution in [0.1, 0.15) is 47.3 Å². The second-order valence-electron chi connectivity index (χ2n) is 5.45. The van der Waals surface area contributed by atoms with Gasteiger partial charge in [-0.2, -0.15) is 0 Å². The third-order valence-corrected chi connectivity index (χ3v) is 4.43. The summed E-state index contributed by atoms with van der Waals surface area (Å²) in [7, 11) is 1.32. The highest BCUT2D eigenvalue weighted by atomic mass is 19.1. The molecule has 3 rings (SSSR count). The Morgan fingerprint density at radius 3 is 2.95 bits per heavy atom. The van der Waals surface area contributed by atoms with Crippen LogP contribution in [0.4, 0.5) is 4.39 Å². The number of carbonyl (C=O) groups excluding carboxylic acids is 1. The van der Waals surface area contributed by atoms with E-state index < -0.39 is 5.97 Å². The highest BCUT2D eigenvalue weighted by Gasteiger charge is 2.37. The number of methoxy groups -OCH3 is 1. The molecule has 102 valence electrons. The minimum Gasteiger partial charge on any atom is -0.465 e. The molecule has 0 amide bonds. The first-order valence-corrected chi connectivity index (χ1v) is 6.78. The van der Waals surface area contributed by atoms with Crippen molar-refractivity contribution in [3.63, 3.8) is 0 Å². The zero-order valence-electron chi connectivity index (χ0n) is 11.3. The van der Waals surface area contributed by atoms with E-state index in [4.69, 9.17) is 0 Å². The van der Waals surface area contributed by atoms with E-state index in [2.05, 4.69) is 16.6 Å². The maximum Gasteiger partial charge on any atom is 0.337 e. The van der Waals surface area contributed by atoms with Crippen LogP contribution in [-0.2, 0) is 11.2 Å². The Labute approximate surface area is 112 Å². The number of fused-ring (bicyclic) bond motifs is 3. The molecule has 1 saturated heterocycles. The predicted octanol–water partition coefficient (Wildman–Crippen LogP) is 2.69. The van der Waals surface area contributed by atoms with E-state index in [1.54, 1.807) is 6.07 Å². The fourth-order valence-electron chi connectivity index (χ4n) is 3.46. The summed E-state index contributed by atoms with van der Waals surface area (Å²) in [5, 5.41) is 0. The van der Waals surface area contributed by atoms with Gasteiger partial charge in [-0.1, -0.05) is 0 Å². The van der Waals surface area contributed by atoms with Gasteiger partial charge in [-0.3, -0.25) is 4.90 Å². The van der Waals surface area contributed by atoms with Crippen molar-refractivity contribution in [1.82, 2.24) is 4.90 Å². The molecule has 2 aliphatic heterocycles. The van der Waals surface area contributed by atoms with Gasteiger partial charge in [0.2, 0.25) is 0 Å². The van der Waals surface area contributed by atoms with Crippen molar-refractivity contribution >= 4 is 5.97 Å². The molecule has 0 spiro atoms. The highest BCUT2D eigenvalue weighted by Crippen LogP contribution is 2.42. The number of carbonyl (C=O) groups is 1. The van der Waals surface area contributed by atoms with Crippen LogP contribution in [0, 0.1) is 5.82 Å². The van der Waals surface area contributed by atoms with Crippen LogP contribution in [0.5, 0.6) is 0 Å². The second-order valence-corrected chi connectivity index (χ2v) is 5.45. The number of esters is 1. The summed E-state index contributed by atoms with van der Waals surface area (Å²) in [6.45, 7) is 3.15. The molecule has 19 heavy (non-hydrogen) atoms. The smallest absolute Gasteiger partial charge is 0.337 e. The number of nitrogens with zero attached hydrogens (tertiary/aromatic N) is 1. The molecule has 0 saturated carbocycles. The van der Waals surface area contributed by atoms with E-state index in [-0.39, 0.29) is 11.9 Å². The third kappa shape index (κ3) is 1.94. The minimum absolute atomic E-state index is 0.186. The van der Waals surface area contributed by atoms with Crippen LogP contribution in [-0.4, -0.2) is 30.6 Å². The largest absolute Gasteiger partial charge is 0.465 e. The van der Waals surface area contributed by atoms with Crippen molar-refractivity contribution in [1.29, 1.82) is 0 Å². The van der Waals surface area contributed by atoms with E-state index in [1.807, 2.05) is 0 Å². The standard InChI is InChI=1S/C15H18FNO2/c1-9-3-4-13-14-10(5-6-17(9)13)7-11(8-12(14)16)15(18)19-2/h7-9,13H,3-6H2,1-2H3/t9-,13+/m1/s1. The molecule has 0 radical (unpaired) electrons. The van der Waals surface area contributed by atoms with Crippen LogP contribution < -0.4 is 0 Å². The molecular formula is C15H18FNO2. The molecule has 0 aromatic heterocycles. The summed E-state index contributed by atoms with van der Waals surface area (Å²) in [5.41, 5.74) is 2.08. The quantitative estimate of drug-likeness (QED) is 0.730. The number of halogens is 1. The fraction of sp³-hybridized carbons (Fsp3) is 0.533. The molecule has 0 bridgehead atoms. The summed E-state index contributed by atoms with van der Waals surface area (Å²) < 4.78 is 19.0. The van der Waals surface area contributed by atoms with Crippen molar-refractivity contribution in [2.75, 3.05) is 13.7 Å². The monoisotopic (exact) mass is 263 g/mol. The molecule has 1 aromatic carbocycles. The second kappa shape index (κ2) is 4.60. The normalized spacial score (nSPS) is 25.8. The van der Waals surface area contributed by atoms with E-state index in [0.717, 1.165) is 36.9 Å². The van der Waals surface area contributed by atoms with Crippen molar-refractivity contribution in [3.05, 3.63) is 34.6 Å². The highest BCUT2D eigenvalue weighted by molar-refractivity contribution is 5.89. The van der Waals surface area contributed by atoms with Gasteiger partial charge in [-0.05, 0) is 43.9 Å². The molecule has 3 nitrogen and oxygen atoms in total. The molecule has 2 aliphatic rings. The molecule has 1 fully saturated rings. The van der Waals surface area contributed by atoms with Crippen LogP contribution in [0.25, 0.3) is 0 Å². The van der Waals surface area contributed by atoms with Gasteiger partial charge >= 0.3 is 5.97 Å². The number of benzene rings is 1.